The van der Waals surface area contributed by atoms with Gasteiger partial charge in [-0.1, -0.05) is 31.2 Å². The van der Waals surface area contributed by atoms with Crippen LogP contribution in [0.1, 0.15) is 25.0 Å². The van der Waals surface area contributed by atoms with Crippen molar-refractivity contribution in [3.8, 4) is 0 Å². The fourth-order valence-electron chi connectivity index (χ4n) is 1.53. The lowest BCUT2D eigenvalue weighted by atomic mass is 9.97. The number of esters is 1. The van der Waals surface area contributed by atoms with Crippen molar-refractivity contribution in [2.75, 3.05) is 7.11 Å². The van der Waals surface area contributed by atoms with Crippen LogP contribution in [0.3, 0.4) is 0 Å². The highest BCUT2D eigenvalue weighted by Crippen LogP contribution is 2.11. The fraction of sp³-hybridized carbons (Fsp3) is 0.429. The number of Topliss-reactive ketones (excluding diaryl/α,β-unsaturated/α-hetero) is 1. The Morgan fingerprint density at radius 1 is 1.18 bits per heavy atom. The minimum Gasteiger partial charge on any atom is -0.469 e. The summed E-state index contributed by atoms with van der Waals surface area (Å²) in [5.41, 5.74) is 2.04. The first kappa shape index (κ1) is 13.4. The summed E-state index contributed by atoms with van der Waals surface area (Å²) in [5, 5.41) is 0. The second kappa shape index (κ2) is 6.18. The van der Waals surface area contributed by atoms with E-state index in [-0.39, 0.29) is 17.7 Å². The summed E-state index contributed by atoms with van der Waals surface area (Å²) in [6, 6.07) is 7.72. The van der Waals surface area contributed by atoms with Gasteiger partial charge < -0.3 is 4.74 Å². The molecule has 3 nitrogen and oxygen atoms in total. The van der Waals surface area contributed by atoms with Crippen LogP contribution >= 0.6 is 0 Å². The Hall–Kier alpha value is -1.64. The molecule has 0 unspecified atom stereocenters. The van der Waals surface area contributed by atoms with Gasteiger partial charge in [-0.05, 0) is 24.5 Å². The summed E-state index contributed by atoms with van der Waals surface area (Å²) >= 11 is 0. The van der Waals surface area contributed by atoms with E-state index in [0.717, 1.165) is 17.5 Å². The summed E-state index contributed by atoms with van der Waals surface area (Å²) < 4.78 is 4.60. The summed E-state index contributed by atoms with van der Waals surface area (Å²) in [6.07, 6.45) is 1.03. The van der Waals surface area contributed by atoms with E-state index in [0.29, 0.717) is 6.42 Å². The van der Waals surface area contributed by atoms with Crippen molar-refractivity contribution in [1.82, 2.24) is 0 Å². The van der Waals surface area contributed by atoms with Gasteiger partial charge in [-0.15, -0.1) is 0 Å². The molecule has 1 aromatic rings. The molecular weight excluding hydrogens is 216 g/mol. The summed E-state index contributed by atoms with van der Waals surface area (Å²) in [7, 11) is 1.38. The number of ketones is 1. The van der Waals surface area contributed by atoms with Gasteiger partial charge in [0.25, 0.3) is 0 Å². The smallest absolute Gasteiger partial charge is 0.309 e. The fourth-order valence-corrected chi connectivity index (χ4v) is 1.53. The molecule has 0 saturated carbocycles. The van der Waals surface area contributed by atoms with Crippen LogP contribution in [0.5, 0.6) is 0 Å². The van der Waals surface area contributed by atoms with Crippen LogP contribution in [0.4, 0.5) is 0 Å². The third kappa shape index (κ3) is 4.39. The highest BCUT2D eigenvalue weighted by atomic mass is 16.5. The van der Waals surface area contributed by atoms with Crippen molar-refractivity contribution >= 4 is 11.8 Å². The van der Waals surface area contributed by atoms with Crippen LogP contribution in [-0.4, -0.2) is 18.9 Å². The van der Waals surface area contributed by atoms with Gasteiger partial charge in [-0.25, -0.2) is 0 Å². The van der Waals surface area contributed by atoms with E-state index in [4.69, 9.17) is 0 Å². The molecule has 0 aliphatic rings. The lowest BCUT2D eigenvalue weighted by Crippen LogP contribution is -2.09. The van der Waals surface area contributed by atoms with Gasteiger partial charge in [0.1, 0.15) is 5.78 Å². The zero-order valence-corrected chi connectivity index (χ0v) is 10.5. The number of rotatable bonds is 5. The predicted molar refractivity (Wildman–Crippen MR) is 65.7 cm³/mol. The van der Waals surface area contributed by atoms with Crippen molar-refractivity contribution in [2.24, 2.45) is 5.92 Å². The van der Waals surface area contributed by atoms with Crippen LogP contribution in [0.15, 0.2) is 24.3 Å². The largest absolute Gasteiger partial charge is 0.469 e. The van der Waals surface area contributed by atoms with Crippen molar-refractivity contribution in [3.05, 3.63) is 35.4 Å². The average Bonchev–Trinajstić information content (AvgIpc) is 2.31. The number of benzene rings is 1. The molecule has 0 aromatic heterocycles. The highest BCUT2D eigenvalue weighted by Gasteiger charge is 2.09. The van der Waals surface area contributed by atoms with E-state index < -0.39 is 0 Å². The third-order valence-electron chi connectivity index (χ3n) is 2.83. The summed E-state index contributed by atoms with van der Waals surface area (Å²) in [6.45, 7) is 3.53. The second-order valence-electron chi connectivity index (χ2n) is 4.29. The lowest BCUT2D eigenvalue weighted by Gasteiger charge is -2.08. The van der Waals surface area contributed by atoms with Crippen LogP contribution in [0.25, 0.3) is 0 Å². The van der Waals surface area contributed by atoms with Crippen LogP contribution in [0.2, 0.25) is 0 Å². The molecule has 1 aromatic carbocycles. The molecule has 0 heterocycles. The molecule has 0 fully saturated rings. The quantitative estimate of drug-likeness (QED) is 0.733. The van der Waals surface area contributed by atoms with Crippen LogP contribution < -0.4 is 0 Å². The van der Waals surface area contributed by atoms with Crippen LogP contribution in [0, 0.1) is 5.92 Å². The number of carbonyl (C=O) groups is 2. The third-order valence-corrected chi connectivity index (χ3v) is 2.83. The molecule has 1 atom stereocenters. The van der Waals surface area contributed by atoms with Gasteiger partial charge in [-0.2, -0.15) is 0 Å². The Morgan fingerprint density at radius 2 is 1.71 bits per heavy atom. The molecule has 17 heavy (non-hydrogen) atoms. The van der Waals surface area contributed by atoms with E-state index in [9.17, 15) is 9.59 Å². The van der Waals surface area contributed by atoms with Crippen molar-refractivity contribution in [3.63, 3.8) is 0 Å². The standard InChI is InChI=1S/C14H18O3/c1-10(11(2)15)8-12-4-6-13(7-5-12)9-14(16)17-3/h4-7,10H,8-9H2,1-3H3/t10-/m0/s1. The maximum absolute atomic E-state index is 11.1. The topological polar surface area (TPSA) is 43.4 Å². The van der Waals surface area contributed by atoms with Crippen LogP contribution in [-0.2, 0) is 27.2 Å². The first-order valence-corrected chi connectivity index (χ1v) is 5.68. The first-order chi connectivity index (χ1) is 8.02. The van der Waals surface area contributed by atoms with E-state index in [1.807, 2.05) is 31.2 Å². The lowest BCUT2D eigenvalue weighted by molar-refractivity contribution is -0.139. The summed E-state index contributed by atoms with van der Waals surface area (Å²) in [4.78, 5) is 22.2. The minimum atomic E-state index is -0.241. The molecule has 0 saturated heterocycles. The summed E-state index contributed by atoms with van der Waals surface area (Å²) in [5.74, 6) is -0.0000478. The molecular formula is C14H18O3. The molecule has 3 heteroatoms. The molecule has 0 N–H and O–H groups in total. The first-order valence-electron chi connectivity index (χ1n) is 5.68. The second-order valence-corrected chi connectivity index (χ2v) is 4.29. The maximum atomic E-state index is 11.1. The normalized spacial score (nSPS) is 11.9. The number of hydrogen-bond donors (Lipinski definition) is 0. The molecule has 0 radical (unpaired) electrons. The van der Waals surface area contributed by atoms with Gasteiger partial charge >= 0.3 is 5.97 Å². The Balaban J connectivity index is 2.62. The predicted octanol–water partition coefficient (Wildman–Crippen LogP) is 2.17. The molecule has 92 valence electrons. The minimum absolute atomic E-state index is 0.0430. The number of ether oxygens (including phenoxy) is 1. The van der Waals surface area contributed by atoms with Gasteiger partial charge in [0.15, 0.2) is 0 Å². The van der Waals surface area contributed by atoms with E-state index in [2.05, 4.69) is 4.74 Å². The highest BCUT2D eigenvalue weighted by molar-refractivity contribution is 5.78. The Kier molecular flexibility index (Phi) is 4.88. The van der Waals surface area contributed by atoms with Crippen molar-refractivity contribution in [2.45, 2.75) is 26.7 Å². The monoisotopic (exact) mass is 234 g/mol. The zero-order valence-electron chi connectivity index (χ0n) is 10.5. The SMILES string of the molecule is COC(=O)Cc1ccc(C[C@H](C)C(C)=O)cc1. The maximum Gasteiger partial charge on any atom is 0.309 e. The van der Waals surface area contributed by atoms with Gasteiger partial charge in [0.2, 0.25) is 0 Å². The van der Waals surface area contributed by atoms with Gasteiger partial charge in [0, 0.05) is 5.92 Å². The van der Waals surface area contributed by atoms with E-state index >= 15 is 0 Å². The number of hydrogen-bond acceptors (Lipinski definition) is 3. The molecule has 0 amide bonds. The Bertz CT molecular complexity index is 392. The van der Waals surface area contributed by atoms with Crippen molar-refractivity contribution < 1.29 is 14.3 Å². The number of carbonyl (C=O) groups excluding carboxylic acids is 2. The van der Waals surface area contributed by atoms with Gasteiger partial charge in [-0.3, -0.25) is 9.59 Å². The average molecular weight is 234 g/mol. The molecule has 0 aliphatic heterocycles. The molecule has 1 rings (SSSR count). The zero-order chi connectivity index (χ0) is 12.8. The van der Waals surface area contributed by atoms with E-state index in [1.54, 1.807) is 6.92 Å². The van der Waals surface area contributed by atoms with Crippen molar-refractivity contribution in [1.29, 1.82) is 0 Å². The van der Waals surface area contributed by atoms with Gasteiger partial charge in [0.05, 0.1) is 13.5 Å². The molecule has 0 bridgehead atoms. The Labute approximate surface area is 102 Å². The number of methoxy groups -OCH3 is 1. The molecule has 0 spiro atoms. The Morgan fingerprint density at radius 3 is 2.18 bits per heavy atom. The molecule has 0 aliphatic carbocycles. The van der Waals surface area contributed by atoms with E-state index in [1.165, 1.54) is 7.11 Å².